The molecule has 0 fully saturated rings. The Balaban J connectivity index is 2.04. The summed E-state index contributed by atoms with van der Waals surface area (Å²) in [6.07, 6.45) is 0.973. The van der Waals surface area contributed by atoms with Gasteiger partial charge in [0, 0.05) is 11.4 Å². The van der Waals surface area contributed by atoms with Crippen molar-refractivity contribution >= 4 is 11.3 Å². The number of nitrogens with one attached hydrogen (secondary N) is 1. The smallest absolute Gasteiger partial charge is 0.140 e. The molecule has 114 valence electrons. The summed E-state index contributed by atoms with van der Waals surface area (Å²) in [5.41, 5.74) is 3.65. The summed E-state index contributed by atoms with van der Waals surface area (Å²) in [4.78, 5) is 6.03. The second-order valence-corrected chi connectivity index (χ2v) is 6.39. The van der Waals surface area contributed by atoms with Crippen molar-refractivity contribution in [2.75, 3.05) is 6.54 Å². The maximum atomic E-state index is 5.90. The van der Waals surface area contributed by atoms with Crippen LogP contribution in [0.5, 0.6) is 5.75 Å². The molecule has 1 heterocycles. The van der Waals surface area contributed by atoms with Crippen LogP contribution in [-0.2, 0) is 19.6 Å². The highest BCUT2D eigenvalue weighted by Gasteiger charge is 2.10. The van der Waals surface area contributed by atoms with E-state index in [4.69, 9.17) is 9.72 Å². The minimum Gasteiger partial charge on any atom is -0.486 e. The van der Waals surface area contributed by atoms with Crippen molar-refractivity contribution in [2.45, 2.75) is 47.3 Å². The molecule has 4 heteroatoms. The van der Waals surface area contributed by atoms with E-state index in [1.807, 2.05) is 0 Å². The van der Waals surface area contributed by atoms with Gasteiger partial charge >= 0.3 is 0 Å². The van der Waals surface area contributed by atoms with Crippen LogP contribution in [0.4, 0.5) is 0 Å². The SMILES string of the molecule is CCNCc1sc(COc2cc(C)cc(C)c2)nc1CC. The molecule has 0 radical (unpaired) electrons. The van der Waals surface area contributed by atoms with Crippen molar-refractivity contribution < 1.29 is 4.74 Å². The Morgan fingerprint density at radius 2 is 1.86 bits per heavy atom. The third kappa shape index (κ3) is 4.55. The number of nitrogens with zero attached hydrogens (tertiary/aromatic N) is 1. The average molecular weight is 304 g/mol. The van der Waals surface area contributed by atoms with Crippen LogP contribution in [-0.4, -0.2) is 11.5 Å². The zero-order valence-corrected chi connectivity index (χ0v) is 14.1. The molecule has 0 spiro atoms. The van der Waals surface area contributed by atoms with Crippen molar-refractivity contribution in [1.29, 1.82) is 0 Å². The quantitative estimate of drug-likeness (QED) is 0.839. The van der Waals surface area contributed by atoms with Crippen LogP contribution in [0.15, 0.2) is 18.2 Å². The summed E-state index contributed by atoms with van der Waals surface area (Å²) in [5.74, 6) is 0.925. The molecule has 1 aromatic carbocycles. The topological polar surface area (TPSA) is 34.1 Å². The van der Waals surface area contributed by atoms with E-state index < -0.39 is 0 Å². The van der Waals surface area contributed by atoms with Gasteiger partial charge in [-0.05, 0) is 50.1 Å². The molecule has 0 aliphatic rings. The molecule has 0 unspecified atom stereocenters. The number of thiazole rings is 1. The van der Waals surface area contributed by atoms with Gasteiger partial charge in [-0.1, -0.05) is 19.9 Å². The summed E-state index contributed by atoms with van der Waals surface area (Å²) in [6.45, 7) is 10.9. The number of ether oxygens (including phenoxy) is 1. The van der Waals surface area contributed by atoms with Gasteiger partial charge in [0.05, 0.1) is 5.69 Å². The van der Waals surface area contributed by atoms with Crippen molar-refractivity contribution in [2.24, 2.45) is 0 Å². The molecule has 21 heavy (non-hydrogen) atoms. The van der Waals surface area contributed by atoms with Gasteiger partial charge in [0.2, 0.25) is 0 Å². The van der Waals surface area contributed by atoms with Gasteiger partial charge in [-0.15, -0.1) is 11.3 Å². The average Bonchev–Trinajstić information content (AvgIpc) is 2.84. The lowest BCUT2D eigenvalue weighted by Gasteiger charge is -2.06. The predicted octanol–water partition coefficient (Wildman–Crippen LogP) is 4.01. The van der Waals surface area contributed by atoms with Crippen LogP contribution in [0.3, 0.4) is 0 Å². The second kappa shape index (κ2) is 7.57. The van der Waals surface area contributed by atoms with Gasteiger partial charge in [0.15, 0.2) is 0 Å². The largest absolute Gasteiger partial charge is 0.486 e. The predicted molar refractivity (Wildman–Crippen MR) is 89.1 cm³/mol. The zero-order valence-electron chi connectivity index (χ0n) is 13.3. The third-order valence-electron chi connectivity index (χ3n) is 3.25. The number of benzene rings is 1. The molecule has 0 saturated heterocycles. The Labute approximate surface area is 131 Å². The Kier molecular flexibility index (Phi) is 5.76. The molecular weight excluding hydrogens is 280 g/mol. The lowest BCUT2D eigenvalue weighted by molar-refractivity contribution is 0.305. The van der Waals surface area contributed by atoms with Gasteiger partial charge in [0.25, 0.3) is 0 Å². The van der Waals surface area contributed by atoms with Gasteiger partial charge in [-0.25, -0.2) is 4.98 Å². The molecular formula is C17H24N2OS. The zero-order chi connectivity index (χ0) is 15.2. The first-order valence-electron chi connectivity index (χ1n) is 7.51. The molecule has 0 amide bonds. The highest BCUT2D eigenvalue weighted by molar-refractivity contribution is 7.11. The number of hydrogen-bond acceptors (Lipinski definition) is 4. The van der Waals surface area contributed by atoms with E-state index in [1.165, 1.54) is 21.7 Å². The van der Waals surface area contributed by atoms with Crippen LogP contribution in [0.1, 0.15) is 40.6 Å². The van der Waals surface area contributed by atoms with Crippen LogP contribution < -0.4 is 10.1 Å². The normalized spacial score (nSPS) is 10.9. The van der Waals surface area contributed by atoms with Crippen LogP contribution >= 0.6 is 11.3 Å². The fourth-order valence-corrected chi connectivity index (χ4v) is 3.35. The Bertz CT molecular complexity index is 572. The van der Waals surface area contributed by atoms with Crippen molar-refractivity contribution in [3.05, 3.63) is 44.9 Å². The second-order valence-electron chi connectivity index (χ2n) is 5.22. The van der Waals surface area contributed by atoms with E-state index in [2.05, 4.69) is 51.2 Å². The van der Waals surface area contributed by atoms with E-state index in [9.17, 15) is 0 Å². The number of rotatable bonds is 7. The summed E-state index contributed by atoms with van der Waals surface area (Å²) >= 11 is 1.75. The first kappa shape index (κ1) is 16.0. The summed E-state index contributed by atoms with van der Waals surface area (Å²) in [5, 5.41) is 4.43. The molecule has 3 nitrogen and oxygen atoms in total. The van der Waals surface area contributed by atoms with Crippen LogP contribution in [0, 0.1) is 13.8 Å². The van der Waals surface area contributed by atoms with E-state index in [0.29, 0.717) is 6.61 Å². The Morgan fingerprint density at radius 1 is 1.14 bits per heavy atom. The maximum Gasteiger partial charge on any atom is 0.140 e. The van der Waals surface area contributed by atoms with E-state index >= 15 is 0 Å². The molecule has 0 atom stereocenters. The van der Waals surface area contributed by atoms with Gasteiger partial charge in [-0.2, -0.15) is 0 Å². The Morgan fingerprint density at radius 3 is 2.48 bits per heavy atom. The van der Waals surface area contributed by atoms with Gasteiger partial charge in [-0.3, -0.25) is 0 Å². The molecule has 0 aliphatic heterocycles. The third-order valence-corrected chi connectivity index (χ3v) is 4.32. The highest BCUT2D eigenvalue weighted by atomic mass is 32.1. The molecule has 0 saturated carbocycles. The number of hydrogen-bond donors (Lipinski definition) is 1. The molecule has 0 aliphatic carbocycles. The fraction of sp³-hybridized carbons (Fsp3) is 0.471. The lowest BCUT2D eigenvalue weighted by Crippen LogP contribution is -2.11. The van der Waals surface area contributed by atoms with E-state index in [1.54, 1.807) is 11.3 Å². The highest BCUT2D eigenvalue weighted by Crippen LogP contribution is 2.22. The monoisotopic (exact) mass is 304 g/mol. The molecule has 2 aromatic rings. The summed E-state index contributed by atoms with van der Waals surface area (Å²) < 4.78 is 5.90. The minimum absolute atomic E-state index is 0.548. The van der Waals surface area contributed by atoms with Crippen molar-refractivity contribution in [1.82, 2.24) is 10.3 Å². The van der Waals surface area contributed by atoms with E-state index in [-0.39, 0.29) is 0 Å². The molecule has 0 bridgehead atoms. The molecule has 1 aromatic heterocycles. The number of aromatic nitrogens is 1. The van der Waals surface area contributed by atoms with Gasteiger partial charge < -0.3 is 10.1 Å². The molecule has 2 rings (SSSR count). The Hall–Kier alpha value is -1.39. The standard InChI is InChI=1S/C17H24N2OS/c1-5-15-16(10-18-6-2)21-17(19-15)11-20-14-8-12(3)7-13(4)9-14/h7-9,18H,5-6,10-11H2,1-4H3. The summed E-state index contributed by atoms with van der Waals surface area (Å²) in [6, 6.07) is 6.29. The van der Waals surface area contributed by atoms with Gasteiger partial charge in [0.1, 0.15) is 17.4 Å². The van der Waals surface area contributed by atoms with Crippen LogP contribution in [0.2, 0.25) is 0 Å². The number of aryl methyl sites for hydroxylation is 3. The van der Waals surface area contributed by atoms with E-state index in [0.717, 1.165) is 30.3 Å². The lowest BCUT2D eigenvalue weighted by atomic mass is 10.1. The maximum absolute atomic E-state index is 5.90. The first-order valence-corrected chi connectivity index (χ1v) is 8.33. The van der Waals surface area contributed by atoms with Crippen molar-refractivity contribution in [3.8, 4) is 5.75 Å². The summed E-state index contributed by atoms with van der Waals surface area (Å²) in [7, 11) is 0. The first-order chi connectivity index (χ1) is 10.1. The fourth-order valence-electron chi connectivity index (χ4n) is 2.31. The molecule has 1 N–H and O–H groups in total. The van der Waals surface area contributed by atoms with Crippen molar-refractivity contribution in [3.63, 3.8) is 0 Å². The van der Waals surface area contributed by atoms with Crippen LogP contribution in [0.25, 0.3) is 0 Å². The minimum atomic E-state index is 0.548.